The SMILES string of the molecule is CCCOCCc1ccc(OC(=C=O)CCOC(=O)C2=C(C)NC(C)=C(OC)C2c2cccc([N+](=O)[O-])c2)cc1. The highest BCUT2D eigenvalue weighted by atomic mass is 16.6. The predicted molar refractivity (Wildman–Crippen MR) is 148 cm³/mol. The Labute approximate surface area is 233 Å². The van der Waals surface area contributed by atoms with Gasteiger partial charge < -0.3 is 24.3 Å². The first-order valence-corrected chi connectivity index (χ1v) is 13.0. The lowest BCUT2D eigenvalue weighted by Gasteiger charge is -2.30. The first-order valence-electron chi connectivity index (χ1n) is 13.0. The number of ether oxygens (including phenoxy) is 4. The summed E-state index contributed by atoms with van der Waals surface area (Å²) in [4.78, 5) is 35.7. The lowest BCUT2D eigenvalue weighted by molar-refractivity contribution is -0.384. The molecule has 0 spiro atoms. The molecule has 0 radical (unpaired) electrons. The van der Waals surface area contributed by atoms with Gasteiger partial charge in [-0.1, -0.05) is 31.2 Å². The number of esters is 1. The summed E-state index contributed by atoms with van der Waals surface area (Å²) in [5.74, 6) is 1.29. The summed E-state index contributed by atoms with van der Waals surface area (Å²) in [5.41, 5.74) is 2.94. The highest BCUT2D eigenvalue weighted by Gasteiger charge is 2.35. The maximum absolute atomic E-state index is 13.3. The molecule has 10 nitrogen and oxygen atoms in total. The smallest absolute Gasteiger partial charge is 0.336 e. The maximum Gasteiger partial charge on any atom is 0.336 e. The first kappa shape index (κ1) is 30.1. The second-order valence-corrected chi connectivity index (χ2v) is 9.16. The number of nitrogens with one attached hydrogen (secondary N) is 1. The largest absolute Gasteiger partial charge is 0.498 e. The van der Waals surface area contributed by atoms with Crippen LogP contribution in [0.1, 0.15) is 50.7 Å². The Morgan fingerprint density at radius 1 is 1.07 bits per heavy atom. The molecule has 0 amide bonds. The van der Waals surface area contributed by atoms with E-state index in [0.29, 0.717) is 35.1 Å². The molecule has 2 aromatic rings. The number of hydrogen-bond acceptors (Lipinski definition) is 9. The molecule has 2 aromatic carbocycles. The summed E-state index contributed by atoms with van der Waals surface area (Å²) >= 11 is 0. The number of non-ortho nitro benzene ring substituents is 1. The van der Waals surface area contributed by atoms with Crippen LogP contribution in [0.5, 0.6) is 5.75 Å². The Balaban J connectivity index is 1.66. The third kappa shape index (κ3) is 7.81. The van der Waals surface area contributed by atoms with Crippen molar-refractivity contribution in [3.8, 4) is 5.75 Å². The quantitative estimate of drug-likeness (QED) is 0.0850. The van der Waals surface area contributed by atoms with E-state index in [2.05, 4.69) is 12.2 Å². The van der Waals surface area contributed by atoms with Crippen molar-refractivity contribution in [2.75, 3.05) is 26.9 Å². The van der Waals surface area contributed by atoms with Gasteiger partial charge in [0.15, 0.2) is 11.7 Å². The molecule has 40 heavy (non-hydrogen) atoms. The number of rotatable bonds is 14. The molecule has 0 saturated heterocycles. The monoisotopic (exact) mass is 550 g/mol. The molecule has 1 atom stereocenters. The van der Waals surface area contributed by atoms with Crippen LogP contribution in [0.4, 0.5) is 5.69 Å². The topological polar surface area (TPSA) is 126 Å². The first-order chi connectivity index (χ1) is 19.3. The maximum atomic E-state index is 13.3. The molecule has 10 heteroatoms. The van der Waals surface area contributed by atoms with E-state index in [-0.39, 0.29) is 30.0 Å². The van der Waals surface area contributed by atoms with Gasteiger partial charge in [0.2, 0.25) is 0 Å². The Morgan fingerprint density at radius 2 is 1.82 bits per heavy atom. The van der Waals surface area contributed by atoms with E-state index in [9.17, 15) is 19.7 Å². The van der Waals surface area contributed by atoms with Crippen LogP contribution in [0.25, 0.3) is 0 Å². The molecule has 0 saturated carbocycles. The fourth-order valence-corrected chi connectivity index (χ4v) is 4.39. The molecule has 212 valence electrons. The fourth-order valence-electron chi connectivity index (χ4n) is 4.39. The van der Waals surface area contributed by atoms with Crippen molar-refractivity contribution in [2.45, 2.75) is 46.0 Å². The van der Waals surface area contributed by atoms with Crippen LogP contribution < -0.4 is 10.1 Å². The molecule has 1 unspecified atom stereocenters. The molecular weight excluding hydrogens is 516 g/mol. The van der Waals surface area contributed by atoms with Crippen LogP contribution >= 0.6 is 0 Å². The summed E-state index contributed by atoms with van der Waals surface area (Å²) in [6.07, 6.45) is 1.75. The van der Waals surface area contributed by atoms with Gasteiger partial charge in [-0.3, -0.25) is 10.1 Å². The van der Waals surface area contributed by atoms with Crippen LogP contribution in [0, 0.1) is 10.1 Å². The zero-order chi connectivity index (χ0) is 29.1. The summed E-state index contributed by atoms with van der Waals surface area (Å²) < 4.78 is 22.3. The average molecular weight is 551 g/mol. The number of nitrogens with zero attached hydrogens (tertiary/aromatic N) is 1. The van der Waals surface area contributed by atoms with Crippen molar-refractivity contribution < 1.29 is 33.5 Å². The molecule has 3 rings (SSSR count). The standard InChI is InChI=1S/C30H34N2O8/c1-5-15-38-16-13-22-9-11-25(12-10-22)40-26(19-33)14-17-39-30(34)27-20(2)31-21(3)29(37-4)28(27)23-7-6-8-24(18-23)32(35)36/h6-12,18,28,31H,5,13-17H2,1-4H3. The third-order valence-corrected chi connectivity index (χ3v) is 6.28. The number of dihydropyridines is 1. The van der Waals surface area contributed by atoms with E-state index in [4.69, 9.17) is 18.9 Å². The van der Waals surface area contributed by atoms with Crippen molar-refractivity contribution in [1.29, 1.82) is 0 Å². The Kier molecular flexibility index (Phi) is 11.1. The van der Waals surface area contributed by atoms with Crippen molar-refractivity contribution in [1.82, 2.24) is 5.32 Å². The van der Waals surface area contributed by atoms with E-state index in [1.54, 1.807) is 44.1 Å². The predicted octanol–water partition coefficient (Wildman–Crippen LogP) is 5.13. The van der Waals surface area contributed by atoms with E-state index in [1.165, 1.54) is 19.2 Å². The highest BCUT2D eigenvalue weighted by molar-refractivity contribution is 5.92. The van der Waals surface area contributed by atoms with Crippen LogP contribution in [0.3, 0.4) is 0 Å². The number of methoxy groups -OCH3 is 1. The minimum absolute atomic E-state index is 0.00901. The van der Waals surface area contributed by atoms with Crippen LogP contribution in [-0.4, -0.2) is 43.8 Å². The lowest BCUT2D eigenvalue weighted by atomic mass is 9.85. The van der Waals surface area contributed by atoms with E-state index >= 15 is 0 Å². The van der Waals surface area contributed by atoms with Crippen LogP contribution in [0.2, 0.25) is 0 Å². The number of carbonyl (C=O) groups excluding carboxylic acids is 2. The zero-order valence-electron chi connectivity index (χ0n) is 23.2. The summed E-state index contributed by atoms with van der Waals surface area (Å²) in [5, 5.41) is 14.5. The van der Waals surface area contributed by atoms with Gasteiger partial charge >= 0.3 is 5.97 Å². The molecule has 1 heterocycles. The van der Waals surface area contributed by atoms with Gasteiger partial charge in [-0.25, -0.2) is 9.59 Å². The summed E-state index contributed by atoms with van der Waals surface area (Å²) in [6.45, 7) is 6.79. The molecule has 0 bridgehead atoms. The van der Waals surface area contributed by atoms with Gasteiger partial charge in [-0.05, 0) is 49.9 Å². The third-order valence-electron chi connectivity index (χ3n) is 6.28. The number of hydrogen-bond donors (Lipinski definition) is 1. The number of benzene rings is 2. The van der Waals surface area contributed by atoms with E-state index < -0.39 is 16.8 Å². The second-order valence-electron chi connectivity index (χ2n) is 9.16. The van der Waals surface area contributed by atoms with Gasteiger partial charge in [-0.2, -0.15) is 0 Å². The van der Waals surface area contributed by atoms with Crippen LogP contribution in [-0.2, 0) is 30.2 Å². The van der Waals surface area contributed by atoms with Gasteiger partial charge in [0.05, 0.1) is 48.9 Å². The normalized spacial score (nSPS) is 14.8. The molecule has 1 N–H and O–H groups in total. The zero-order valence-corrected chi connectivity index (χ0v) is 23.2. The minimum Gasteiger partial charge on any atom is -0.498 e. The number of nitro benzene ring substituents is 1. The summed E-state index contributed by atoms with van der Waals surface area (Å²) in [6, 6.07) is 13.3. The molecule has 0 aromatic heterocycles. The molecule has 1 aliphatic rings. The van der Waals surface area contributed by atoms with Crippen LogP contribution in [0.15, 0.2) is 77.0 Å². The van der Waals surface area contributed by atoms with Crippen molar-refractivity contribution >= 4 is 17.6 Å². The number of carbonyl (C=O) groups is 1. The van der Waals surface area contributed by atoms with Crippen molar-refractivity contribution in [3.05, 3.63) is 98.3 Å². The summed E-state index contributed by atoms with van der Waals surface area (Å²) in [7, 11) is 1.47. The molecular formula is C30H34N2O8. The number of nitro groups is 1. The fraction of sp³-hybridized carbons (Fsp3) is 0.367. The number of allylic oxidation sites excluding steroid dienone is 3. The van der Waals surface area contributed by atoms with Gasteiger partial charge in [-0.15, -0.1) is 0 Å². The van der Waals surface area contributed by atoms with Crippen molar-refractivity contribution in [3.63, 3.8) is 0 Å². The molecule has 1 aliphatic heterocycles. The van der Waals surface area contributed by atoms with Gasteiger partial charge in [0, 0.05) is 24.4 Å². The van der Waals surface area contributed by atoms with Crippen molar-refractivity contribution in [2.24, 2.45) is 0 Å². The Morgan fingerprint density at radius 3 is 2.48 bits per heavy atom. The second kappa shape index (κ2) is 14.7. The average Bonchev–Trinajstić information content (AvgIpc) is 2.95. The van der Waals surface area contributed by atoms with E-state index in [0.717, 1.165) is 25.0 Å². The highest BCUT2D eigenvalue weighted by Crippen LogP contribution is 2.39. The Hall–Kier alpha value is -4.40. The van der Waals surface area contributed by atoms with E-state index in [1.807, 2.05) is 12.1 Å². The molecule has 0 aliphatic carbocycles. The molecule has 0 fully saturated rings. The van der Waals surface area contributed by atoms with Gasteiger partial charge in [0.25, 0.3) is 5.69 Å². The Bertz CT molecular complexity index is 1320. The van der Waals surface area contributed by atoms with Gasteiger partial charge in [0.1, 0.15) is 11.5 Å². The minimum atomic E-state index is -0.720. The lowest BCUT2D eigenvalue weighted by Crippen LogP contribution is -2.30.